The summed E-state index contributed by atoms with van der Waals surface area (Å²) in [6.07, 6.45) is 4.43. The predicted octanol–water partition coefficient (Wildman–Crippen LogP) is 0.868. The molecule has 0 bridgehead atoms. The summed E-state index contributed by atoms with van der Waals surface area (Å²) < 4.78 is 0. The monoisotopic (exact) mass is 219 g/mol. The fraction of sp³-hybridized carbons (Fsp3) is 0.500. The van der Waals surface area contributed by atoms with Crippen LogP contribution in [0.25, 0.3) is 0 Å². The summed E-state index contributed by atoms with van der Waals surface area (Å²) in [4.78, 5) is 15.8. The molecule has 0 saturated carbocycles. The Morgan fingerprint density at radius 1 is 1.56 bits per heavy atom. The van der Waals surface area contributed by atoms with Crippen LogP contribution in [0.4, 0.5) is 0 Å². The Hall–Kier alpha value is -1.42. The van der Waals surface area contributed by atoms with E-state index in [1.165, 1.54) is 0 Å². The quantitative estimate of drug-likeness (QED) is 0.793. The molecular formula is C12H17N3O. The van der Waals surface area contributed by atoms with Crippen molar-refractivity contribution < 1.29 is 4.79 Å². The second-order valence-electron chi connectivity index (χ2n) is 4.20. The van der Waals surface area contributed by atoms with Crippen molar-refractivity contribution in [2.24, 2.45) is 5.92 Å². The van der Waals surface area contributed by atoms with Gasteiger partial charge in [0.25, 0.3) is 0 Å². The maximum atomic E-state index is 11.9. The maximum absolute atomic E-state index is 11.9. The lowest BCUT2D eigenvalue weighted by Gasteiger charge is -2.16. The Kier molecular flexibility index (Phi) is 3.51. The molecule has 4 heteroatoms. The van der Waals surface area contributed by atoms with E-state index >= 15 is 0 Å². The van der Waals surface area contributed by atoms with Crippen molar-refractivity contribution in [3.8, 4) is 0 Å². The van der Waals surface area contributed by atoms with E-state index in [0.29, 0.717) is 0 Å². The van der Waals surface area contributed by atoms with Crippen LogP contribution in [0.15, 0.2) is 24.5 Å². The van der Waals surface area contributed by atoms with Crippen molar-refractivity contribution in [2.45, 2.75) is 19.4 Å². The van der Waals surface area contributed by atoms with E-state index in [2.05, 4.69) is 15.6 Å². The zero-order valence-electron chi connectivity index (χ0n) is 9.44. The molecule has 1 amide bonds. The summed E-state index contributed by atoms with van der Waals surface area (Å²) in [6, 6.07) is 3.91. The van der Waals surface area contributed by atoms with Crippen molar-refractivity contribution in [3.63, 3.8) is 0 Å². The van der Waals surface area contributed by atoms with Gasteiger partial charge in [-0.15, -0.1) is 0 Å². The zero-order valence-corrected chi connectivity index (χ0v) is 9.44. The first-order valence-corrected chi connectivity index (χ1v) is 5.68. The van der Waals surface area contributed by atoms with Gasteiger partial charge in [-0.05, 0) is 37.6 Å². The van der Waals surface area contributed by atoms with Crippen LogP contribution in [-0.2, 0) is 4.79 Å². The summed E-state index contributed by atoms with van der Waals surface area (Å²) in [6.45, 7) is 3.74. The standard InChI is InChI=1S/C12H17N3O/c1-9(10-2-5-13-6-3-10)15-12(16)11-4-7-14-8-11/h2-3,5-6,9,11,14H,4,7-8H2,1H3,(H,15,16)/t9-,11?/m0/s1. The van der Waals surface area contributed by atoms with Crippen LogP contribution >= 0.6 is 0 Å². The summed E-state index contributed by atoms with van der Waals surface area (Å²) in [7, 11) is 0. The first-order valence-electron chi connectivity index (χ1n) is 5.68. The molecule has 0 aromatic carbocycles. The van der Waals surface area contributed by atoms with Gasteiger partial charge in [-0.1, -0.05) is 0 Å². The number of nitrogens with one attached hydrogen (secondary N) is 2. The molecule has 1 aromatic rings. The molecular weight excluding hydrogens is 202 g/mol. The Morgan fingerprint density at radius 3 is 2.94 bits per heavy atom. The molecule has 86 valence electrons. The number of hydrogen-bond acceptors (Lipinski definition) is 3. The van der Waals surface area contributed by atoms with Crippen molar-refractivity contribution in [1.29, 1.82) is 0 Å². The van der Waals surface area contributed by atoms with Crippen molar-refractivity contribution in [2.75, 3.05) is 13.1 Å². The molecule has 1 fully saturated rings. The highest BCUT2D eigenvalue weighted by atomic mass is 16.2. The Bertz CT molecular complexity index is 347. The van der Waals surface area contributed by atoms with Crippen molar-refractivity contribution in [3.05, 3.63) is 30.1 Å². The number of nitrogens with zero attached hydrogens (tertiary/aromatic N) is 1. The lowest BCUT2D eigenvalue weighted by Crippen LogP contribution is -2.33. The molecule has 2 N–H and O–H groups in total. The highest BCUT2D eigenvalue weighted by molar-refractivity contribution is 5.79. The van der Waals surface area contributed by atoms with E-state index in [1.807, 2.05) is 19.1 Å². The molecule has 2 heterocycles. The summed E-state index contributed by atoms with van der Waals surface area (Å²) >= 11 is 0. The van der Waals surface area contributed by atoms with Crippen molar-refractivity contribution in [1.82, 2.24) is 15.6 Å². The molecule has 16 heavy (non-hydrogen) atoms. The largest absolute Gasteiger partial charge is 0.349 e. The van der Waals surface area contributed by atoms with Crippen LogP contribution in [0.3, 0.4) is 0 Å². The van der Waals surface area contributed by atoms with Gasteiger partial charge >= 0.3 is 0 Å². The van der Waals surface area contributed by atoms with E-state index in [1.54, 1.807) is 12.4 Å². The van der Waals surface area contributed by atoms with Crippen LogP contribution in [-0.4, -0.2) is 24.0 Å². The van der Waals surface area contributed by atoms with Crippen molar-refractivity contribution >= 4 is 5.91 Å². The highest BCUT2D eigenvalue weighted by Crippen LogP contribution is 2.13. The van der Waals surface area contributed by atoms with Crippen LogP contribution in [0, 0.1) is 5.92 Å². The number of pyridine rings is 1. The van der Waals surface area contributed by atoms with Crippen LogP contribution in [0.1, 0.15) is 24.9 Å². The summed E-state index contributed by atoms with van der Waals surface area (Å²) in [5.41, 5.74) is 1.09. The third-order valence-electron chi connectivity index (χ3n) is 3.00. The van der Waals surface area contributed by atoms with Gasteiger partial charge < -0.3 is 10.6 Å². The molecule has 1 aromatic heterocycles. The van der Waals surface area contributed by atoms with Crippen LogP contribution < -0.4 is 10.6 Å². The second kappa shape index (κ2) is 5.07. The number of aromatic nitrogens is 1. The lowest BCUT2D eigenvalue weighted by atomic mass is 10.1. The van der Waals surface area contributed by atoms with Crippen LogP contribution in [0.5, 0.6) is 0 Å². The Morgan fingerprint density at radius 2 is 2.31 bits per heavy atom. The SMILES string of the molecule is C[C@H](NC(=O)C1CCNC1)c1ccncc1. The van der Waals surface area contributed by atoms with Gasteiger partial charge in [-0.2, -0.15) is 0 Å². The first kappa shape index (κ1) is 11.1. The number of carbonyl (C=O) groups excluding carboxylic acids is 1. The third kappa shape index (κ3) is 2.58. The van der Waals surface area contributed by atoms with E-state index in [4.69, 9.17) is 0 Å². The van der Waals surface area contributed by atoms with E-state index in [-0.39, 0.29) is 17.9 Å². The van der Waals surface area contributed by atoms with Gasteiger partial charge in [0, 0.05) is 18.9 Å². The van der Waals surface area contributed by atoms with Gasteiger partial charge in [0.1, 0.15) is 0 Å². The molecule has 1 saturated heterocycles. The maximum Gasteiger partial charge on any atom is 0.224 e. The number of carbonyl (C=O) groups is 1. The van der Waals surface area contributed by atoms with Gasteiger partial charge in [0.05, 0.1) is 12.0 Å². The summed E-state index contributed by atoms with van der Waals surface area (Å²) in [5.74, 6) is 0.276. The van der Waals surface area contributed by atoms with Gasteiger partial charge in [-0.3, -0.25) is 9.78 Å². The fourth-order valence-electron chi connectivity index (χ4n) is 1.95. The smallest absolute Gasteiger partial charge is 0.224 e. The molecule has 1 aliphatic heterocycles. The molecule has 4 nitrogen and oxygen atoms in total. The normalized spacial score (nSPS) is 21.7. The predicted molar refractivity (Wildman–Crippen MR) is 61.8 cm³/mol. The number of hydrogen-bond donors (Lipinski definition) is 2. The zero-order chi connectivity index (χ0) is 11.4. The molecule has 0 radical (unpaired) electrons. The third-order valence-corrected chi connectivity index (χ3v) is 3.00. The van der Waals surface area contributed by atoms with E-state index < -0.39 is 0 Å². The van der Waals surface area contributed by atoms with E-state index in [9.17, 15) is 4.79 Å². The van der Waals surface area contributed by atoms with Gasteiger partial charge in [-0.25, -0.2) is 0 Å². The fourth-order valence-corrected chi connectivity index (χ4v) is 1.95. The minimum Gasteiger partial charge on any atom is -0.349 e. The molecule has 1 unspecified atom stereocenters. The van der Waals surface area contributed by atoms with Gasteiger partial charge in [0.15, 0.2) is 0 Å². The average Bonchev–Trinajstić information content (AvgIpc) is 2.83. The van der Waals surface area contributed by atoms with E-state index in [0.717, 1.165) is 25.1 Å². The number of amides is 1. The average molecular weight is 219 g/mol. The molecule has 0 aliphatic carbocycles. The molecule has 1 aliphatic rings. The lowest BCUT2D eigenvalue weighted by molar-refractivity contribution is -0.125. The first-order chi connectivity index (χ1) is 7.77. The molecule has 2 atom stereocenters. The summed E-state index contributed by atoms with van der Waals surface area (Å²) in [5, 5.41) is 6.23. The van der Waals surface area contributed by atoms with Crippen LogP contribution in [0.2, 0.25) is 0 Å². The van der Waals surface area contributed by atoms with Gasteiger partial charge in [0.2, 0.25) is 5.91 Å². The number of rotatable bonds is 3. The second-order valence-corrected chi connectivity index (χ2v) is 4.20. The Labute approximate surface area is 95.5 Å². The molecule has 2 rings (SSSR count). The minimum atomic E-state index is 0.0519. The minimum absolute atomic E-state index is 0.0519. The highest BCUT2D eigenvalue weighted by Gasteiger charge is 2.23. The Balaban J connectivity index is 1.92. The topological polar surface area (TPSA) is 54.0 Å². The molecule has 0 spiro atoms.